The normalized spacial score (nSPS) is 11.2. The summed E-state index contributed by atoms with van der Waals surface area (Å²) in [7, 11) is 0. The molecule has 0 aromatic heterocycles. The molecule has 0 atom stereocenters. The Kier molecular flexibility index (Phi) is 14.9. The Morgan fingerprint density at radius 2 is 1.54 bits per heavy atom. The lowest BCUT2D eigenvalue weighted by molar-refractivity contribution is -0.127. The summed E-state index contributed by atoms with van der Waals surface area (Å²) in [6, 6.07) is 0. The van der Waals surface area contributed by atoms with Crippen molar-refractivity contribution in [2.24, 2.45) is 11.8 Å². The van der Waals surface area contributed by atoms with Gasteiger partial charge in [-0.2, -0.15) is 0 Å². The minimum atomic E-state index is 0.00161. The maximum absolute atomic E-state index is 11.6. The van der Waals surface area contributed by atoms with Crippen LogP contribution in [0.1, 0.15) is 47.0 Å². The topological polar surface area (TPSA) is 73.9 Å². The number of hydrogen-bond acceptors (Lipinski definition) is 5. The Morgan fingerprint density at radius 3 is 2.21 bits per heavy atom. The van der Waals surface area contributed by atoms with Gasteiger partial charge in [0.15, 0.2) is 5.78 Å². The number of amides is 1. The first-order valence-corrected chi connectivity index (χ1v) is 8.96. The molecule has 0 saturated heterocycles. The Balaban J connectivity index is 3.27. The molecule has 1 amide bonds. The third kappa shape index (κ3) is 15.9. The Bertz CT molecular complexity index is 331. The monoisotopic (exact) mass is 345 g/mol. The summed E-state index contributed by atoms with van der Waals surface area (Å²) < 4.78 is 16.0. The molecular formula is C18H35NO5. The van der Waals surface area contributed by atoms with Crippen LogP contribution in [0.4, 0.5) is 0 Å². The zero-order valence-electron chi connectivity index (χ0n) is 15.8. The second-order valence-corrected chi connectivity index (χ2v) is 6.53. The van der Waals surface area contributed by atoms with E-state index in [-0.39, 0.29) is 24.2 Å². The van der Waals surface area contributed by atoms with E-state index in [1.807, 2.05) is 13.8 Å². The molecule has 6 nitrogen and oxygen atoms in total. The maximum atomic E-state index is 11.6. The number of hydrogen-bond donors (Lipinski definition) is 1. The van der Waals surface area contributed by atoms with Crippen LogP contribution in [-0.4, -0.2) is 57.9 Å². The minimum absolute atomic E-state index is 0.00161. The molecule has 0 rings (SSSR count). The van der Waals surface area contributed by atoms with Gasteiger partial charge in [0.1, 0.15) is 6.61 Å². The summed E-state index contributed by atoms with van der Waals surface area (Å²) in [5.74, 6) is 0.761. The SMILES string of the molecule is CC(C)CCOCCCC(=O)NCCOCCOCC(=O)C(C)C. The van der Waals surface area contributed by atoms with E-state index in [9.17, 15) is 9.59 Å². The molecule has 0 unspecified atom stereocenters. The predicted octanol–water partition coefficient (Wildman–Crippen LogP) is 2.20. The lowest BCUT2D eigenvalue weighted by atomic mass is 10.1. The van der Waals surface area contributed by atoms with Crippen molar-refractivity contribution in [1.29, 1.82) is 0 Å². The smallest absolute Gasteiger partial charge is 0.220 e. The second kappa shape index (κ2) is 15.5. The Hall–Kier alpha value is -0.980. The molecule has 0 bridgehead atoms. The van der Waals surface area contributed by atoms with Crippen LogP contribution >= 0.6 is 0 Å². The van der Waals surface area contributed by atoms with Crippen molar-refractivity contribution in [2.75, 3.05) is 46.2 Å². The molecule has 0 saturated carbocycles. The second-order valence-electron chi connectivity index (χ2n) is 6.53. The maximum Gasteiger partial charge on any atom is 0.220 e. The van der Waals surface area contributed by atoms with E-state index in [1.54, 1.807) is 0 Å². The highest BCUT2D eigenvalue weighted by atomic mass is 16.5. The van der Waals surface area contributed by atoms with Crippen molar-refractivity contribution in [1.82, 2.24) is 5.32 Å². The van der Waals surface area contributed by atoms with Crippen LogP contribution in [0, 0.1) is 11.8 Å². The van der Waals surface area contributed by atoms with E-state index in [4.69, 9.17) is 14.2 Å². The average Bonchev–Trinajstić information content (AvgIpc) is 2.52. The fourth-order valence-corrected chi connectivity index (χ4v) is 1.67. The fraction of sp³-hybridized carbons (Fsp3) is 0.889. The minimum Gasteiger partial charge on any atom is -0.381 e. The number of nitrogens with one attached hydrogen (secondary N) is 1. The van der Waals surface area contributed by atoms with Crippen molar-refractivity contribution < 1.29 is 23.8 Å². The standard InChI is InChI=1S/C18H35NO5/c1-15(2)7-10-22-9-5-6-18(21)19-8-11-23-12-13-24-14-17(20)16(3)4/h15-16H,5-14H2,1-4H3,(H,19,21). The largest absolute Gasteiger partial charge is 0.381 e. The van der Waals surface area contributed by atoms with Gasteiger partial charge in [0.2, 0.25) is 5.91 Å². The molecule has 0 fully saturated rings. The molecule has 0 aliphatic rings. The van der Waals surface area contributed by atoms with Crippen molar-refractivity contribution in [3.63, 3.8) is 0 Å². The average molecular weight is 345 g/mol. The zero-order chi connectivity index (χ0) is 18.2. The first-order valence-electron chi connectivity index (χ1n) is 8.96. The van der Waals surface area contributed by atoms with Crippen molar-refractivity contribution in [3.8, 4) is 0 Å². The van der Waals surface area contributed by atoms with Crippen molar-refractivity contribution in [3.05, 3.63) is 0 Å². The molecule has 0 aliphatic carbocycles. The van der Waals surface area contributed by atoms with E-state index in [0.29, 0.717) is 45.3 Å². The number of Topliss-reactive ketones (excluding diaryl/α,β-unsaturated/α-hetero) is 1. The summed E-state index contributed by atoms with van der Waals surface area (Å²) in [5.41, 5.74) is 0. The quantitative estimate of drug-likeness (QED) is 0.434. The Labute approximate surface area is 146 Å². The van der Waals surface area contributed by atoms with Gasteiger partial charge < -0.3 is 19.5 Å². The lowest BCUT2D eigenvalue weighted by Crippen LogP contribution is -2.27. The van der Waals surface area contributed by atoms with Gasteiger partial charge in [0.05, 0.1) is 19.8 Å². The summed E-state index contributed by atoms with van der Waals surface area (Å²) in [6.07, 6.45) is 2.27. The van der Waals surface area contributed by atoms with Crippen LogP contribution in [0.2, 0.25) is 0 Å². The van der Waals surface area contributed by atoms with Gasteiger partial charge in [-0.05, 0) is 18.8 Å². The van der Waals surface area contributed by atoms with E-state index < -0.39 is 0 Å². The zero-order valence-corrected chi connectivity index (χ0v) is 15.8. The molecular weight excluding hydrogens is 310 g/mol. The fourth-order valence-electron chi connectivity index (χ4n) is 1.67. The first kappa shape index (κ1) is 23.0. The van der Waals surface area contributed by atoms with Crippen LogP contribution < -0.4 is 5.32 Å². The van der Waals surface area contributed by atoms with Crippen molar-refractivity contribution >= 4 is 11.7 Å². The van der Waals surface area contributed by atoms with Gasteiger partial charge >= 0.3 is 0 Å². The molecule has 0 heterocycles. The number of carbonyl (C=O) groups is 2. The van der Waals surface area contributed by atoms with Gasteiger partial charge in [-0.1, -0.05) is 27.7 Å². The van der Waals surface area contributed by atoms with Gasteiger partial charge in [-0.25, -0.2) is 0 Å². The molecule has 142 valence electrons. The van der Waals surface area contributed by atoms with Crippen LogP contribution in [0.25, 0.3) is 0 Å². The number of ether oxygens (including phenoxy) is 3. The summed E-state index contributed by atoms with van der Waals surface area (Å²) in [6.45, 7) is 11.3. The van der Waals surface area contributed by atoms with Gasteiger partial charge in [-0.15, -0.1) is 0 Å². The van der Waals surface area contributed by atoms with Crippen LogP contribution in [-0.2, 0) is 23.8 Å². The highest BCUT2D eigenvalue weighted by Gasteiger charge is 2.06. The van der Waals surface area contributed by atoms with Crippen molar-refractivity contribution in [2.45, 2.75) is 47.0 Å². The molecule has 0 aromatic carbocycles. The molecule has 0 spiro atoms. The molecule has 0 aliphatic heterocycles. The van der Waals surface area contributed by atoms with Gasteiger partial charge in [0.25, 0.3) is 0 Å². The third-order valence-corrected chi connectivity index (χ3v) is 3.36. The molecule has 0 radical (unpaired) electrons. The summed E-state index contributed by atoms with van der Waals surface area (Å²) in [5, 5.41) is 2.80. The van der Waals surface area contributed by atoms with E-state index in [0.717, 1.165) is 19.4 Å². The molecule has 6 heteroatoms. The number of rotatable bonds is 16. The lowest BCUT2D eigenvalue weighted by Gasteiger charge is -2.08. The highest BCUT2D eigenvalue weighted by molar-refractivity contribution is 5.81. The molecule has 1 N–H and O–H groups in total. The van der Waals surface area contributed by atoms with E-state index in [2.05, 4.69) is 19.2 Å². The third-order valence-electron chi connectivity index (χ3n) is 3.36. The van der Waals surface area contributed by atoms with Gasteiger partial charge in [0, 0.05) is 32.1 Å². The van der Waals surface area contributed by atoms with Crippen LogP contribution in [0.3, 0.4) is 0 Å². The molecule has 0 aromatic rings. The molecule has 24 heavy (non-hydrogen) atoms. The number of carbonyl (C=O) groups excluding carboxylic acids is 2. The predicted molar refractivity (Wildman–Crippen MR) is 94.0 cm³/mol. The van der Waals surface area contributed by atoms with E-state index in [1.165, 1.54) is 0 Å². The van der Waals surface area contributed by atoms with E-state index >= 15 is 0 Å². The Morgan fingerprint density at radius 1 is 0.875 bits per heavy atom. The number of ketones is 1. The summed E-state index contributed by atoms with van der Waals surface area (Å²) >= 11 is 0. The highest BCUT2D eigenvalue weighted by Crippen LogP contribution is 2.00. The van der Waals surface area contributed by atoms with Crippen LogP contribution in [0.5, 0.6) is 0 Å². The first-order chi connectivity index (χ1) is 11.4. The van der Waals surface area contributed by atoms with Crippen LogP contribution in [0.15, 0.2) is 0 Å². The summed E-state index contributed by atoms with van der Waals surface area (Å²) in [4.78, 5) is 22.9. The van der Waals surface area contributed by atoms with Gasteiger partial charge in [-0.3, -0.25) is 9.59 Å².